The molecule has 0 saturated carbocycles. The molecule has 0 heterocycles. The summed E-state index contributed by atoms with van der Waals surface area (Å²) in [7, 11) is 1.38. The van der Waals surface area contributed by atoms with Gasteiger partial charge in [-0.3, -0.25) is 0 Å². The summed E-state index contributed by atoms with van der Waals surface area (Å²) in [5.74, 6) is -0.346. The fraction of sp³-hybridized carbons (Fsp3) is 0.400. The Morgan fingerprint density at radius 1 is 1.00 bits per heavy atom. The van der Waals surface area contributed by atoms with Gasteiger partial charge in [-0.15, -0.1) is 0 Å². The molecule has 0 aliphatic carbocycles. The Kier molecular flexibility index (Phi) is 9.50. The van der Waals surface area contributed by atoms with Crippen LogP contribution in [0.2, 0.25) is 0 Å². The van der Waals surface area contributed by atoms with Crippen molar-refractivity contribution in [3.05, 3.63) is 77.4 Å². The topological polar surface area (TPSA) is 46.5 Å². The number of unbranched alkanes of at least 4 members (excludes halogenated alkanes) is 4. The van der Waals surface area contributed by atoms with Crippen LogP contribution in [0, 0.1) is 0 Å². The van der Waals surface area contributed by atoms with Gasteiger partial charge in [0, 0.05) is 0 Å². The summed E-state index contributed by atoms with van der Waals surface area (Å²) in [6, 6.07) is 17.6. The second-order valence-corrected chi connectivity index (χ2v) is 7.12. The predicted molar refractivity (Wildman–Crippen MR) is 115 cm³/mol. The molecule has 3 heteroatoms. The van der Waals surface area contributed by atoms with Crippen molar-refractivity contribution in [2.45, 2.75) is 58.0 Å². The molecule has 0 amide bonds. The van der Waals surface area contributed by atoms with Crippen LogP contribution in [0.15, 0.2) is 60.7 Å². The molecule has 0 fully saturated rings. The molecule has 1 unspecified atom stereocenters. The number of benzene rings is 2. The fourth-order valence-corrected chi connectivity index (χ4v) is 3.30. The van der Waals surface area contributed by atoms with Gasteiger partial charge in [0.1, 0.15) is 0 Å². The lowest BCUT2D eigenvalue weighted by molar-refractivity contribution is 0.0600. The van der Waals surface area contributed by atoms with Crippen molar-refractivity contribution in [1.29, 1.82) is 0 Å². The Morgan fingerprint density at radius 2 is 1.68 bits per heavy atom. The van der Waals surface area contributed by atoms with Crippen LogP contribution in [0.3, 0.4) is 0 Å². The van der Waals surface area contributed by atoms with E-state index in [1.807, 2.05) is 30.3 Å². The zero-order valence-corrected chi connectivity index (χ0v) is 17.1. The minimum atomic E-state index is -0.532. The minimum Gasteiger partial charge on any atom is -0.465 e. The van der Waals surface area contributed by atoms with Crippen LogP contribution in [-0.4, -0.2) is 24.3 Å². The van der Waals surface area contributed by atoms with Crippen LogP contribution in [0.4, 0.5) is 0 Å². The second kappa shape index (κ2) is 12.1. The van der Waals surface area contributed by atoms with Gasteiger partial charge >= 0.3 is 5.97 Å². The second-order valence-electron chi connectivity index (χ2n) is 7.12. The van der Waals surface area contributed by atoms with E-state index in [-0.39, 0.29) is 5.97 Å². The van der Waals surface area contributed by atoms with E-state index in [1.54, 1.807) is 12.1 Å². The number of aryl methyl sites for hydroxylation is 1. The Morgan fingerprint density at radius 3 is 2.32 bits per heavy atom. The molecule has 2 aromatic rings. The summed E-state index contributed by atoms with van der Waals surface area (Å²) < 4.78 is 4.77. The van der Waals surface area contributed by atoms with Crippen LogP contribution in [-0.2, 0) is 11.2 Å². The monoisotopic (exact) mass is 380 g/mol. The van der Waals surface area contributed by atoms with Crippen molar-refractivity contribution in [2.75, 3.05) is 7.11 Å². The van der Waals surface area contributed by atoms with Gasteiger partial charge in [0.25, 0.3) is 0 Å². The van der Waals surface area contributed by atoms with E-state index in [4.69, 9.17) is 4.74 Å². The normalized spacial score (nSPS) is 12.6. The van der Waals surface area contributed by atoms with Crippen LogP contribution < -0.4 is 0 Å². The van der Waals surface area contributed by atoms with E-state index in [2.05, 4.69) is 25.1 Å². The SMILES string of the molecule is CCCCCC/C=C(\c1ccc(C(=O)OC)cc1)C(O)CCc1ccccc1. The lowest BCUT2D eigenvalue weighted by Gasteiger charge is -2.16. The molecule has 150 valence electrons. The number of hydrogen-bond acceptors (Lipinski definition) is 3. The molecule has 28 heavy (non-hydrogen) atoms. The van der Waals surface area contributed by atoms with Crippen LogP contribution in [0.5, 0.6) is 0 Å². The van der Waals surface area contributed by atoms with Gasteiger partial charge in [-0.05, 0) is 54.5 Å². The van der Waals surface area contributed by atoms with E-state index in [0.717, 1.165) is 30.4 Å². The Hall–Kier alpha value is -2.39. The van der Waals surface area contributed by atoms with Crippen molar-refractivity contribution < 1.29 is 14.6 Å². The Labute approximate surface area is 169 Å². The molecule has 0 aliphatic rings. The molecule has 2 rings (SSSR count). The van der Waals surface area contributed by atoms with Crippen molar-refractivity contribution in [3.8, 4) is 0 Å². The summed E-state index contributed by atoms with van der Waals surface area (Å²) >= 11 is 0. The average Bonchev–Trinajstić information content (AvgIpc) is 2.75. The molecular formula is C25H32O3. The van der Waals surface area contributed by atoms with E-state index < -0.39 is 6.10 Å². The Bertz CT molecular complexity index is 732. The summed E-state index contributed by atoms with van der Waals surface area (Å²) in [5, 5.41) is 10.9. The highest BCUT2D eigenvalue weighted by Crippen LogP contribution is 2.24. The number of aliphatic hydroxyl groups is 1. The maximum absolute atomic E-state index is 11.7. The van der Waals surface area contributed by atoms with Gasteiger partial charge in [-0.25, -0.2) is 4.79 Å². The third-order valence-electron chi connectivity index (χ3n) is 4.97. The van der Waals surface area contributed by atoms with Gasteiger partial charge in [-0.2, -0.15) is 0 Å². The number of carbonyl (C=O) groups is 1. The fourth-order valence-electron chi connectivity index (χ4n) is 3.30. The van der Waals surface area contributed by atoms with Crippen LogP contribution in [0.25, 0.3) is 5.57 Å². The van der Waals surface area contributed by atoms with Crippen molar-refractivity contribution in [3.63, 3.8) is 0 Å². The predicted octanol–water partition coefficient (Wildman–Crippen LogP) is 5.82. The van der Waals surface area contributed by atoms with Gasteiger partial charge in [-0.1, -0.05) is 74.7 Å². The zero-order chi connectivity index (χ0) is 20.2. The third kappa shape index (κ3) is 6.97. The summed E-state index contributed by atoms with van der Waals surface area (Å²) in [6.07, 6.45) is 8.88. The van der Waals surface area contributed by atoms with Gasteiger partial charge in [0.15, 0.2) is 0 Å². The number of aliphatic hydroxyl groups excluding tert-OH is 1. The highest BCUT2D eigenvalue weighted by Gasteiger charge is 2.14. The van der Waals surface area contributed by atoms with Crippen molar-refractivity contribution in [2.24, 2.45) is 0 Å². The van der Waals surface area contributed by atoms with Gasteiger partial charge in [0.2, 0.25) is 0 Å². The van der Waals surface area contributed by atoms with Crippen molar-refractivity contribution >= 4 is 11.5 Å². The van der Waals surface area contributed by atoms with E-state index >= 15 is 0 Å². The van der Waals surface area contributed by atoms with E-state index in [9.17, 15) is 9.90 Å². The molecule has 0 radical (unpaired) electrons. The first-order valence-corrected chi connectivity index (χ1v) is 10.3. The lowest BCUT2D eigenvalue weighted by atomic mass is 9.93. The molecule has 0 bridgehead atoms. The summed E-state index contributed by atoms with van der Waals surface area (Å²) in [4.78, 5) is 11.7. The first-order valence-electron chi connectivity index (χ1n) is 10.3. The quantitative estimate of drug-likeness (QED) is 0.395. The number of ether oxygens (including phenoxy) is 1. The molecule has 0 aliphatic heterocycles. The molecule has 0 spiro atoms. The van der Waals surface area contributed by atoms with Gasteiger partial charge in [0.05, 0.1) is 18.8 Å². The average molecular weight is 381 g/mol. The molecule has 3 nitrogen and oxygen atoms in total. The number of hydrogen-bond donors (Lipinski definition) is 1. The summed E-state index contributed by atoms with van der Waals surface area (Å²) in [5.41, 5.74) is 3.66. The molecular weight excluding hydrogens is 348 g/mol. The molecule has 1 N–H and O–H groups in total. The molecule has 2 aromatic carbocycles. The number of carbonyl (C=O) groups excluding carboxylic acids is 1. The standard InChI is InChI=1S/C25H32O3/c1-3-4-5-6-10-13-23(21-15-17-22(18-16-21)25(27)28-2)24(26)19-14-20-11-8-7-9-12-20/h7-9,11-13,15-18,24,26H,3-6,10,14,19H2,1-2H3/b23-13+. The number of methoxy groups -OCH3 is 1. The summed E-state index contributed by atoms with van der Waals surface area (Å²) in [6.45, 7) is 2.21. The smallest absolute Gasteiger partial charge is 0.337 e. The maximum atomic E-state index is 11.7. The van der Waals surface area contributed by atoms with E-state index in [0.29, 0.717) is 12.0 Å². The molecule has 0 saturated heterocycles. The number of allylic oxidation sites excluding steroid dienone is 1. The van der Waals surface area contributed by atoms with Crippen LogP contribution >= 0.6 is 0 Å². The van der Waals surface area contributed by atoms with E-state index in [1.165, 1.54) is 31.9 Å². The van der Waals surface area contributed by atoms with Crippen LogP contribution in [0.1, 0.15) is 66.9 Å². The zero-order valence-electron chi connectivity index (χ0n) is 17.1. The largest absolute Gasteiger partial charge is 0.465 e. The minimum absolute atomic E-state index is 0.346. The molecule has 1 atom stereocenters. The molecule has 0 aromatic heterocycles. The highest BCUT2D eigenvalue weighted by atomic mass is 16.5. The number of rotatable bonds is 11. The van der Waals surface area contributed by atoms with Gasteiger partial charge < -0.3 is 9.84 Å². The Balaban J connectivity index is 2.11. The lowest BCUT2D eigenvalue weighted by Crippen LogP contribution is -2.11. The number of esters is 1. The van der Waals surface area contributed by atoms with Crippen molar-refractivity contribution in [1.82, 2.24) is 0 Å². The third-order valence-corrected chi connectivity index (χ3v) is 4.97. The maximum Gasteiger partial charge on any atom is 0.337 e. The first kappa shape index (κ1) is 21.9. The highest BCUT2D eigenvalue weighted by molar-refractivity contribution is 5.89. The first-order chi connectivity index (χ1) is 13.7.